The molecule has 3 N–H and O–H groups in total. The monoisotopic (exact) mass is 290 g/mol. The molecule has 0 bridgehead atoms. The van der Waals surface area contributed by atoms with E-state index in [0.29, 0.717) is 6.42 Å². The van der Waals surface area contributed by atoms with Gasteiger partial charge in [0.2, 0.25) is 5.91 Å². The first-order valence-electron chi connectivity index (χ1n) is 7.58. The van der Waals surface area contributed by atoms with Crippen LogP contribution in [0.15, 0.2) is 24.3 Å². The Kier molecular flexibility index (Phi) is 5.73. The van der Waals surface area contributed by atoms with E-state index in [9.17, 15) is 4.79 Å². The van der Waals surface area contributed by atoms with E-state index in [1.165, 1.54) is 5.56 Å². The first-order chi connectivity index (χ1) is 10.0. The molecule has 1 heterocycles. The fourth-order valence-electron chi connectivity index (χ4n) is 2.52. The highest BCUT2D eigenvalue weighted by Gasteiger charge is 2.14. The molecular formula is C16H26N4O. The van der Waals surface area contributed by atoms with Crippen molar-refractivity contribution in [2.45, 2.75) is 25.9 Å². The predicted molar refractivity (Wildman–Crippen MR) is 86.1 cm³/mol. The lowest BCUT2D eigenvalue weighted by Crippen LogP contribution is -2.43. The van der Waals surface area contributed by atoms with Gasteiger partial charge in [-0.15, -0.1) is 0 Å². The van der Waals surface area contributed by atoms with E-state index in [4.69, 9.17) is 5.73 Å². The summed E-state index contributed by atoms with van der Waals surface area (Å²) in [7, 11) is 2.16. The van der Waals surface area contributed by atoms with Crippen LogP contribution in [0.5, 0.6) is 0 Å². The molecular weight excluding hydrogens is 264 g/mol. The van der Waals surface area contributed by atoms with E-state index in [0.717, 1.165) is 38.4 Å². The van der Waals surface area contributed by atoms with E-state index >= 15 is 0 Å². The second-order valence-corrected chi connectivity index (χ2v) is 6.01. The van der Waals surface area contributed by atoms with Crippen LogP contribution < -0.4 is 11.1 Å². The molecule has 0 saturated carbocycles. The molecule has 1 aliphatic rings. The summed E-state index contributed by atoms with van der Waals surface area (Å²) in [4.78, 5) is 16.5. The molecule has 5 nitrogen and oxygen atoms in total. The van der Waals surface area contributed by atoms with Crippen LogP contribution in [0.4, 0.5) is 5.69 Å². The van der Waals surface area contributed by atoms with Crippen molar-refractivity contribution >= 4 is 11.6 Å². The minimum Gasteiger partial charge on any atom is -0.327 e. The van der Waals surface area contributed by atoms with Crippen molar-refractivity contribution in [3.8, 4) is 0 Å². The number of hydrogen-bond donors (Lipinski definition) is 2. The smallest absolute Gasteiger partial charge is 0.225 e. The third kappa shape index (κ3) is 5.46. The molecule has 1 amide bonds. The van der Waals surface area contributed by atoms with Crippen molar-refractivity contribution < 1.29 is 4.79 Å². The maximum absolute atomic E-state index is 11.8. The second kappa shape index (κ2) is 7.54. The van der Waals surface area contributed by atoms with Gasteiger partial charge in [0, 0.05) is 50.9 Å². The van der Waals surface area contributed by atoms with Crippen LogP contribution in [0.25, 0.3) is 0 Å². The molecule has 0 aromatic heterocycles. The molecule has 116 valence electrons. The molecule has 5 heteroatoms. The lowest BCUT2D eigenvalue weighted by atomic mass is 10.1. The molecule has 1 aliphatic heterocycles. The molecule has 1 saturated heterocycles. The number of hydrogen-bond acceptors (Lipinski definition) is 4. The predicted octanol–water partition coefficient (Wildman–Crippen LogP) is 1.11. The fourth-order valence-corrected chi connectivity index (χ4v) is 2.52. The van der Waals surface area contributed by atoms with Gasteiger partial charge in [-0.25, -0.2) is 0 Å². The molecule has 0 spiro atoms. The zero-order chi connectivity index (χ0) is 15.2. The maximum Gasteiger partial charge on any atom is 0.225 e. The standard InChI is InChI=1S/C16H26N4O/c1-13(17)10-16(21)18-15-5-3-4-14(11-15)12-20-8-6-19(2)7-9-20/h3-5,11,13H,6-10,12,17H2,1-2H3,(H,18,21). The first-order valence-corrected chi connectivity index (χ1v) is 7.58. The number of benzene rings is 1. The summed E-state index contributed by atoms with van der Waals surface area (Å²) in [5, 5.41) is 2.91. The number of piperazine rings is 1. The highest BCUT2D eigenvalue weighted by Crippen LogP contribution is 2.14. The molecule has 1 aromatic carbocycles. The molecule has 0 aliphatic carbocycles. The molecule has 0 radical (unpaired) electrons. The van der Waals surface area contributed by atoms with Crippen LogP contribution in [0.1, 0.15) is 18.9 Å². The van der Waals surface area contributed by atoms with Gasteiger partial charge in [0.05, 0.1) is 0 Å². The van der Waals surface area contributed by atoms with Crippen LogP contribution in [-0.2, 0) is 11.3 Å². The van der Waals surface area contributed by atoms with Crippen molar-refractivity contribution in [3.63, 3.8) is 0 Å². The quantitative estimate of drug-likeness (QED) is 0.853. The van der Waals surface area contributed by atoms with Crippen molar-refractivity contribution in [1.29, 1.82) is 0 Å². The Morgan fingerprint density at radius 3 is 2.71 bits per heavy atom. The summed E-state index contributed by atoms with van der Waals surface area (Å²) in [6, 6.07) is 7.97. The number of rotatable bonds is 5. The minimum atomic E-state index is -0.112. The highest BCUT2D eigenvalue weighted by atomic mass is 16.1. The van der Waals surface area contributed by atoms with Gasteiger partial charge >= 0.3 is 0 Å². The van der Waals surface area contributed by atoms with Crippen molar-refractivity contribution in [2.75, 3.05) is 38.5 Å². The number of carbonyl (C=O) groups is 1. The van der Waals surface area contributed by atoms with Gasteiger partial charge in [-0.1, -0.05) is 12.1 Å². The van der Waals surface area contributed by atoms with E-state index in [-0.39, 0.29) is 11.9 Å². The Bertz CT molecular complexity index is 467. The molecule has 21 heavy (non-hydrogen) atoms. The number of nitrogens with one attached hydrogen (secondary N) is 1. The lowest BCUT2D eigenvalue weighted by Gasteiger charge is -2.32. The molecule has 1 fully saturated rings. The summed E-state index contributed by atoms with van der Waals surface area (Å²) in [6.07, 6.45) is 0.350. The van der Waals surface area contributed by atoms with Crippen LogP contribution in [0.2, 0.25) is 0 Å². The number of nitrogens with two attached hydrogens (primary N) is 1. The van der Waals surface area contributed by atoms with Crippen LogP contribution >= 0.6 is 0 Å². The summed E-state index contributed by atoms with van der Waals surface area (Å²) in [6.45, 7) is 7.19. The van der Waals surface area contributed by atoms with Crippen molar-refractivity contribution in [2.24, 2.45) is 5.73 Å². The van der Waals surface area contributed by atoms with Gasteiger partial charge < -0.3 is 16.0 Å². The minimum absolute atomic E-state index is 0.0262. The van der Waals surface area contributed by atoms with Gasteiger partial charge in [0.15, 0.2) is 0 Å². The average molecular weight is 290 g/mol. The Hall–Kier alpha value is -1.43. The van der Waals surface area contributed by atoms with Gasteiger partial charge in [0.1, 0.15) is 0 Å². The Morgan fingerprint density at radius 2 is 2.05 bits per heavy atom. The third-order valence-corrected chi connectivity index (χ3v) is 3.72. The van der Waals surface area contributed by atoms with Gasteiger partial charge in [-0.05, 0) is 31.7 Å². The van der Waals surface area contributed by atoms with Crippen LogP contribution in [0.3, 0.4) is 0 Å². The largest absolute Gasteiger partial charge is 0.327 e. The molecule has 2 rings (SSSR count). The van der Waals surface area contributed by atoms with E-state index < -0.39 is 0 Å². The van der Waals surface area contributed by atoms with Crippen molar-refractivity contribution in [3.05, 3.63) is 29.8 Å². The normalized spacial score (nSPS) is 18.4. The number of amides is 1. The highest BCUT2D eigenvalue weighted by molar-refractivity contribution is 5.91. The molecule has 1 unspecified atom stereocenters. The lowest BCUT2D eigenvalue weighted by molar-refractivity contribution is -0.116. The number of likely N-dealkylation sites (N-methyl/N-ethyl adjacent to an activating group) is 1. The number of carbonyl (C=O) groups excluding carboxylic acids is 1. The topological polar surface area (TPSA) is 61.6 Å². The Morgan fingerprint density at radius 1 is 1.33 bits per heavy atom. The molecule has 1 atom stereocenters. The summed E-state index contributed by atoms with van der Waals surface area (Å²) in [5.74, 6) is -0.0262. The zero-order valence-electron chi connectivity index (χ0n) is 13.0. The van der Waals surface area contributed by atoms with Gasteiger partial charge in [0.25, 0.3) is 0 Å². The third-order valence-electron chi connectivity index (χ3n) is 3.72. The zero-order valence-corrected chi connectivity index (χ0v) is 13.0. The first kappa shape index (κ1) is 15.9. The number of nitrogens with zero attached hydrogens (tertiary/aromatic N) is 2. The average Bonchev–Trinajstić information content (AvgIpc) is 2.41. The Labute approximate surface area is 127 Å². The van der Waals surface area contributed by atoms with Crippen LogP contribution in [-0.4, -0.2) is 55.0 Å². The summed E-state index contributed by atoms with van der Waals surface area (Å²) < 4.78 is 0. The van der Waals surface area contributed by atoms with Gasteiger partial charge in [-0.2, -0.15) is 0 Å². The molecule has 1 aromatic rings. The van der Waals surface area contributed by atoms with E-state index in [1.807, 2.05) is 19.1 Å². The van der Waals surface area contributed by atoms with Crippen LogP contribution in [0, 0.1) is 0 Å². The fraction of sp³-hybridized carbons (Fsp3) is 0.562. The van der Waals surface area contributed by atoms with E-state index in [2.05, 4.69) is 34.3 Å². The Balaban J connectivity index is 1.90. The summed E-state index contributed by atoms with van der Waals surface area (Å²) >= 11 is 0. The second-order valence-electron chi connectivity index (χ2n) is 6.01. The van der Waals surface area contributed by atoms with E-state index in [1.54, 1.807) is 0 Å². The SMILES string of the molecule is CC(N)CC(=O)Nc1cccc(CN2CCN(C)CC2)c1. The van der Waals surface area contributed by atoms with Crippen molar-refractivity contribution in [1.82, 2.24) is 9.80 Å². The maximum atomic E-state index is 11.8. The van der Waals surface area contributed by atoms with Gasteiger partial charge in [-0.3, -0.25) is 9.69 Å². The number of anilines is 1. The summed E-state index contributed by atoms with van der Waals surface area (Å²) in [5.41, 5.74) is 7.73.